The number of hydrogen-bond donors (Lipinski definition) is 1. The molecule has 7 heteroatoms. The number of fused-ring (bicyclic) bond motifs is 2. The lowest BCUT2D eigenvalue weighted by Gasteiger charge is -2.35. The maximum absolute atomic E-state index is 13.1. The van der Waals surface area contributed by atoms with Crippen LogP contribution in [0.5, 0.6) is 5.75 Å². The van der Waals surface area contributed by atoms with Gasteiger partial charge in [0.2, 0.25) is 10.0 Å². The number of sulfonamides is 1. The van der Waals surface area contributed by atoms with Crippen LogP contribution in [0.1, 0.15) is 26.3 Å². The fourth-order valence-electron chi connectivity index (χ4n) is 3.72. The predicted octanol–water partition coefficient (Wildman–Crippen LogP) is 4.30. The van der Waals surface area contributed by atoms with Crippen LogP contribution in [0.3, 0.4) is 0 Å². The quantitative estimate of drug-likeness (QED) is 0.661. The third-order valence-electron chi connectivity index (χ3n) is 5.43. The van der Waals surface area contributed by atoms with Crippen LogP contribution in [-0.4, -0.2) is 33.2 Å². The van der Waals surface area contributed by atoms with Crippen LogP contribution in [-0.2, 0) is 20.2 Å². The number of nitrogens with one attached hydrogen (secondary N) is 1. The first kappa shape index (κ1) is 21.2. The van der Waals surface area contributed by atoms with Crippen LogP contribution in [0, 0.1) is 0 Å². The van der Waals surface area contributed by atoms with Crippen molar-refractivity contribution in [2.45, 2.75) is 32.3 Å². The second-order valence-corrected chi connectivity index (χ2v) is 10.8. The minimum Gasteiger partial charge on any atom is -0.476 e. The molecule has 1 N–H and O–H groups in total. The summed E-state index contributed by atoms with van der Waals surface area (Å²) in [6.45, 7) is 6.09. The summed E-state index contributed by atoms with van der Waals surface area (Å²) >= 11 is 0. The van der Waals surface area contributed by atoms with Gasteiger partial charge in [-0.25, -0.2) is 8.42 Å². The number of amides is 1. The monoisotopic (exact) mass is 438 g/mol. The first-order chi connectivity index (χ1) is 14.5. The fourth-order valence-corrected chi connectivity index (χ4v) is 4.62. The lowest BCUT2D eigenvalue weighted by molar-refractivity contribution is -0.122. The maximum atomic E-state index is 13.1. The van der Waals surface area contributed by atoms with Crippen molar-refractivity contribution in [3.8, 4) is 5.75 Å². The first-order valence-electron chi connectivity index (χ1n) is 10.1. The second-order valence-electron chi connectivity index (χ2n) is 8.85. The number of rotatable bonds is 3. The molecule has 162 valence electrons. The average Bonchev–Trinajstić information content (AvgIpc) is 2.71. The van der Waals surface area contributed by atoms with E-state index in [1.54, 1.807) is 6.07 Å². The van der Waals surface area contributed by atoms with Crippen molar-refractivity contribution >= 4 is 38.1 Å². The van der Waals surface area contributed by atoms with Gasteiger partial charge in [-0.1, -0.05) is 63.2 Å². The molecule has 0 aliphatic carbocycles. The topological polar surface area (TPSA) is 75.7 Å². The van der Waals surface area contributed by atoms with Crippen molar-refractivity contribution in [3.05, 3.63) is 66.2 Å². The number of nitrogens with zero attached hydrogens (tertiary/aromatic N) is 1. The van der Waals surface area contributed by atoms with Crippen molar-refractivity contribution < 1.29 is 17.9 Å². The van der Waals surface area contributed by atoms with Crippen LogP contribution in [0.15, 0.2) is 60.7 Å². The Hall–Kier alpha value is -3.06. The van der Waals surface area contributed by atoms with E-state index in [1.165, 1.54) is 4.31 Å². The zero-order valence-electron chi connectivity index (χ0n) is 18.0. The predicted molar refractivity (Wildman–Crippen MR) is 124 cm³/mol. The number of ether oxygens (including phenoxy) is 1. The van der Waals surface area contributed by atoms with Crippen LogP contribution < -0.4 is 14.4 Å². The summed E-state index contributed by atoms with van der Waals surface area (Å²) in [5.41, 5.74) is 1.96. The fraction of sp³-hybridized carbons (Fsp3) is 0.292. The highest BCUT2D eigenvalue weighted by Gasteiger charge is 2.36. The number of anilines is 2. The summed E-state index contributed by atoms with van der Waals surface area (Å²) in [5.74, 6) is -0.0155. The Balaban J connectivity index is 1.67. The molecule has 1 atom stereocenters. The number of benzene rings is 3. The van der Waals surface area contributed by atoms with Gasteiger partial charge >= 0.3 is 0 Å². The SMILES string of the molecule is CC(C)(C)c1ccc2c(c1)N(S(C)(=O)=O)CC(C(=O)Nc1cccc3ccccc13)O2. The number of carbonyl (C=O) groups excluding carboxylic acids is 1. The van der Waals surface area contributed by atoms with Crippen molar-refractivity contribution in [2.75, 3.05) is 22.4 Å². The molecule has 0 saturated carbocycles. The maximum Gasteiger partial charge on any atom is 0.267 e. The van der Waals surface area contributed by atoms with Gasteiger partial charge in [0.1, 0.15) is 5.75 Å². The standard InChI is InChI=1S/C24H26N2O4S/c1-24(2,3)17-12-13-21-20(14-17)26(31(4,28)29)15-22(30-21)23(27)25-19-11-7-9-16-8-5-6-10-18(16)19/h5-14,22H,15H2,1-4H3,(H,25,27). The van der Waals surface area contributed by atoms with Gasteiger partial charge in [0, 0.05) is 11.1 Å². The zero-order valence-corrected chi connectivity index (χ0v) is 18.9. The molecule has 1 aliphatic heterocycles. The third kappa shape index (κ3) is 4.23. The molecular weight excluding hydrogens is 412 g/mol. The highest BCUT2D eigenvalue weighted by molar-refractivity contribution is 7.92. The molecule has 1 amide bonds. The molecule has 0 spiro atoms. The lowest BCUT2D eigenvalue weighted by atomic mass is 9.86. The molecule has 0 radical (unpaired) electrons. The highest BCUT2D eigenvalue weighted by atomic mass is 32.2. The molecule has 1 aliphatic rings. The Morgan fingerprint density at radius 1 is 1.06 bits per heavy atom. The van der Waals surface area contributed by atoms with Gasteiger partial charge in [-0.2, -0.15) is 0 Å². The lowest BCUT2D eigenvalue weighted by Crippen LogP contribution is -2.48. The van der Waals surface area contributed by atoms with Gasteiger partial charge in [-0.3, -0.25) is 9.10 Å². The van der Waals surface area contributed by atoms with E-state index in [9.17, 15) is 13.2 Å². The summed E-state index contributed by atoms with van der Waals surface area (Å²) in [6.07, 6.45) is 0.174. The van der Waals surface area contributed by atoms with Gasteiger partial charge in [0.15, 0.2) is 6.10 Å². The van der Waals surface area contributed by atoms with Gasteiger partial charge in [-0.05, 0) is 34.6 Å². The molecule has 31 heavy (non-hydrogen) atoms. The molecule has 0 saturated heterocycles. The summed E-state index contributed by atoms with van der Waals surface area (Å²) < 4.78 is 32.3. The zero-order chi connectivity index (χ0) is 22.4. The van der Waals surface area contributed by atoms with E-state index in [0.717, 1.165) is 22.6 Å². The normalized spacial score (nSPS) is 16.5. The van der Waals surface area contributed by atoms with Crippen molar-refractivity contribution in [2.24, 2.45) is 0 Å². The highest BCUT2D eigenvalue weighted by Crippen LogP contribution is 2.38. The Bertz CT molecular complexity index is 1260. The van der Waals surface area contributed by atoms with Gasteiger partial charge < -0.3 is 10.1 Å². The van der Waals surface area contributed by atoms with E-state index in [4.69, 9.17) is 4.74 Å². The molecule has 1 heterocycles. The molecule has 6 nitrogen and oxygen atoms in total. The van der Waals surface area contributed by atoms with Crippen molar-refractivity contribution in [1.29, 1.82) is 0 Å². The van der Waals surface area contributed by atoms with E-state index >= 15 is 0 Å². The molecule has 3 aromatic rings. The Labute approximate surface area is 182 Å². The molecule has 4 rings (SSSR count). The van der Waals surface area contributed by atoms with Gasteiger partial charge in [0.25, 0.3) is 5.91 Å². The minimum atomic E-state index is -3.60. The summed E-state index contributed by atoms with van der Waals surface area (Å²) in [5, 5.41) is 4.82. The van der Waals surface area contributed by atoms with E-state index in [0.29, 0.717) is 17.1 Å². The van der Waals surface area contributed by atoms with Crippen LogP contribution in [0.4, 0.5) is 11.4 Å². The van der Waals surface area contributed by atoms with Crippen molar-refractivity contribution in [1.82, 2.24) is 0 Å². The van der Waals surface area contributed by atoms with Crippen LogP contribution in [0.25, 0.3) is 10.8 Å². The smallest absolute Gasteiger partial charge is 0.267 e. The van der Waals surface area contributed by atoms with Crippen LogP contribution in [0.2, 0.25) is 0 Å². The van der Waals surface area contributed by atoms with E-state index in [1.807, 2.05) is 54.6 Å². The summed E-state index contributed by atoms with van der Waals surface area (Å²) in [6, 6.07) is 18.9. The molecule has 0 fully saturated rings. The second kappa shape index (κ2) is 7.57. The van der Waals surface area contributed by atoms with Crippen molar-refractivity contribution in [3.63, 3.8) is 0 Å². The molecule has 0 aromatic heterocycles. The Kier molecular flexibility index (Phi) is 5.17. The summed E-state index contributed by atoms with van der Waals surface area (Å²) in [4.78, 5) is 13.1. The van der Waals surface area contributed by atoms with E-state index in [2.05, 4.69) is 26.1 Å². The van der Waals surface area contributed by atoms with E-state index in [-0.39, 0.29) is 12.0 Å². The third-order valence-corrected chi connectivity index (χ3v) is 6.58. The minimum absolute atomic E-state index is 0.0873. The molecule has 3 aromatic carbocycles. The molecule has 0 bridgehead atoms. The molecular formula is C24H26N2O4S. The van der Waals surface area contributed by atoms with E-state index < -0.39 is 22.0 Å². The van der Waals surface area contributed by atoms with Crippen LogP contribution >= 0.6 is 0 Å². The van der Waals surface area contributed by atoms with Gasteiger partial charge in [-0.15, -0.1) is 0 Å². The first-order valence-corrected chi connectivity index (χ1v) is 12.0. The number of hydrogen-bond acceptors (Lipinski definition) is 4. The van der Waals surface area contributed by atoms with Gasteiger partial charge in [0.05, 0.1) is 18.5 Å². The number of carbonyl (C=O) groups is 1. The largest absolute Gasteiger partial charge is 0.476 e. The summed E-state index contributed by atoms with van der Waals surface area (Å²) in [7, 11) is -3.60. The average molecular weight is 439 g/mol. The molecule has 1 unspecified atom stereocenters. The Morgan fingerprint density at radius 2 is 1.77 bits per heavy atom. The Morgan fingerprint density at radius 3 is 2.48 bits per heavy atom.